The smallest absolute Gasteiger partial charge is 0.272 e. The van der Waals surface area contributed by atoms with Crippen LogP contribution in [0.5, 0.6) is 5.75 Å². The summed E-state index contributed by atoms with van der Waals surface area (Å²) in [5, 5.41) is 11.4. The molecule has 0 saturated carbocycles. The third kappa shape index (κ3) is 3.69. The van der Waals surface area contributed by atoms with Crippen LogP contribution in [0.4, 0.5) is 0 Å². The highest BCUT2D eigenvalue weighted by Gasteiger charge is 2.27. The normalized spacial score (nSPS) is 16.9. The van der Waals surface area contributed by atoms with Gasteiger partial charge in [-0.15, -0.1) is 0 Å². The quantitative estimate of drug-likeness (QED) is 0.756. The van der Waals surface area contributed by atoms with Crippen LogP contribution in [0.1, 0.15) is 27.8 Å². The van der Waals surface area contributed by atoms with Gasteiger partial charge in [0.15, 0.2) is 0 Å². The van der Waals surface area contributed by atoms with Gasteiger partial charge in [-0.2, -0.15) is 0 Å². The van der Waals surface area contributed by atoms with Gasteiger partial charge < -0.3 is 19.5 Å². The summed E-state index contributed by atoms with van der Waals surface area (Å²) in [6.45, 7) is 1.27. The molecule has 0 aliphatic carbocycles. The molecular formula is C22H22N2O4. The zero-order chi connectivity index (χ0) is 19.5. The lowest BCUT2D eigenvalue weighted by Crippen LogP contribution is -2.42. The second-order valence-electron chi connectivity index (χ2n) is 6.76. The summed E-state index contributed by atoms with van der Waals surface area (Å²) in [7, 11) is 1.65. The Bertz CT molecular complexity index is 1000. The van der Waals surface area contributed by atoms with E-state index in [1.807, 2.05) is 30.3 Å². The zero-order valence-electron chi connectivity index (χ0n) is 15.7. The maximum atomic E-state index is 12.8. The topological polar surface area (TPSA) is 71.9 Å². The number of carbonyl (C=O) groups is 1. The molecule has 2 heterocycles. The van der Waals surface area contributed by atoms with Crippen LogP contribution in [0.25, 0.3) is 10.8 Å². The lowest BCUT2D eigenvalue weighted by atomic mass is 10.0. The summed E-state index contributed by atoms with van der Waals surface area (Å²) >= 11 is 0. The Morgan fingerprint density at radius 2 is 2.04 bits per heavy atom. The van der Waals surface area contributed by atoms with Gasteiger partial charge in [0.1, 0.15) is 17.5 Å². The molecule has 1 amide bonds. The molecule has 6 nitrogen and oxygen atoms in total. The van der Waals surface area contributed by atoms with Gasteiger partial charge in [-0.05, 0) is 46.7 Å². The highest BCUT2D eigenvalue weighted by molar-refractivity contribution is 5.92. The number of aliphatic hydroxyl groups excluding tert-OH is 1. The Morgan fingerprint density at radius 3 is 2.86 bits per heavy atom. The summed E-state index contributed by atoms with van der Waals surface area (Å²) in [6.07, 6.45) is -0.190. The van der Waals surface area contributed by atoms with E-state index in [1.54, 1.807) is 30.2 Å². The summed E-state index contributed by atoms with van der Waals surface area (Å²) in [4.78, 5) is 18.8. The van der Waals surface area contributed by atoms with Crippen molar-refractivity contribution in [1.29, 1.82) is 0 Å². The maximum Gasteiger partial charge on any atom is 0.272 e. The van der Waals surface area contributed by atoms with Gasteiger partial charge in [-0.25, -0.2) is 4.98 Å². The predicted octanol–water partition coefficient (Wildman–Crippen LogP) is 2.95. The van der Waals surface area contributed by atoms with Gasteiger partial charge in [-0.3, -0.25) is 4.79 Å². The Labute approximate surface area is 163 Å². The molecule has 0 bridgehead atoms. The van der Waals surface area contributed by atoms with Crippen molar-refractivity contribution in [3.05, 3.63) is 71.5 Å². The second kappa shape index (κ2) is 7.96. The van der Waals surface area contributed by atoms with E-state index in [0.717, 1.165) is 22.1 Å². The Morgan fingerprint density at radius 1 is 1.21 bits per heavy atom. The molecule has 0 radical (unpaired) electrons. The Hall–Kier alpha value is -2.96. The summed E-state index contributed by atoms with van der Waals surface area (Å²) < 4.78 is 11.2. The number of hydrogen-bond donors (Lipinski definition) is 1. The highest BCUT2D eigenvalue weighted by atomic mass is 16.5. The van der Waals surface area contributed by atoms with Crippen molar-refractivity contribution in [2.24, 2.45) is 0 Å². The summed E-state index contributed by atoms with van der Waals surface area (Å²) in [6, 6.07) is 17.2. The maximum absolute atomic E-state index is 12.8. The van der Waals surface area contributed by atoms with Gasteiger partial charge in [0.25, 0.3) is 5.91 Å². The number of hydrogen-bond acceptors (Lipinski definition) is 5. The number of benzene rings is 2. The van der Waals surface area contributed by atoms with E-state index in [-0.39, 0.29) is 18.6 Å². The molecule has 2 aromatic carbocycles. The van der Waals surface area contributed by atoms with Crippen LogP contribution in [0.2, 0.25) is 0 Å². The van der Waals surface area contributed by atoms with Gasteiger partial charge in [-0.1, -0.05) is 24.3 Å². The number of morpholine rings is 1. The van der Waals surface area contributed by atoms with Crippen LogP contribution >= 0.6 is 0 Å². The van der Waals surface area contributed by atoms with Gasteiger partial charge in [0.2, 0.25) is 0 Å². The van der Waals surface area contributed by atoms with Crippen molar-refractivity contribution < 1.29 is 19.4 Å². The first-order valence-corrected chi connectivity index (χ1v) is 9.23. The number of ether oxygens (including phenoxy) is 2. The van der Waals surface area contributed by atoms with Gasteiger partial charge in [0, 0.05) is 6.54 Å². The molecule has 0 spiro atoms. The third-order valence-electron chi connectivity index (χ3n) is 4.98. The number of aliphatic hydroxyl groups is 1. The molecule has 144 valence electrons. The van der Waals surface area contributed by atoms with E-state index in [9.17, 15) is 9.90 Å². The molecule has 0 unspecified atom stereocenters. The average molecular weight is 378 g/mol. The third-order valence-corrected chi connectivity index (χ3v) is 4.98. The molecule has 1 fully saturated rings. The number of pyridine rings is 1. The van der Waals surface area contributed by atoms with E-state index >= 15 is 0 Å². The lowest BCUT2D eigenvalue weighted by Gasteiger charge is -2.33. The number of amides is 1. The number of nitrogens with zero attached hydrogens (tertiary/aromatic N) is 2. The van der Waals surface area contributed by atoms with E-state index in [2.05, 4.69) is 11.1 Å². The van der Waals surface area contributed by atoms with Crippen molar-refractivity contribution in [3.8, 4) is 5.75 Å². The monoisotopic (exact) mass is 378 g/mol. The van der Waals surface area contributed by atoms with Crippen LogP contribution in [-0.2, 0) is 11.3 Å². The van der Waals surface area contributed by atoms with Crippen molar-refractivity contribution in [2.45, 2.75) is 12.7 Å². The molecule has 1 aliphatic rings. The van der Waals surface area contributed by atoms with Gasteiger partial charge >= 0.3 is 0 Å². The summed E-state index contributed by atoms with van der Waals surface area (Å²) in [5.41, 5.74) is 1.87. The number of methoxy groups -OCH3 is 1. The number of rotatable bonds is 4. The summed E-state index contributed by atoms with van der Waals surface area (Å²) in [5.74, 6) is 0.678. The highest BCUT2D eigenvalue weighted by Crippen LogP contribution is 2.28. The molecule has 1 saturated heterocycles. The van der Waals surface area contributed by atoms with Crippen LogP contribution in [-0.4, -0.2) is 47.7 Å². The molecule has 1 atom stereocenters. The first-order chi connectivity index (χ1) is 13.7. The van der Waals surface area contributed by atoms with E-state index < -0.39 is 0 Å². The molecule has 1 aliphatic heterocycles. The first kappa shape index (κ1) is 18.4. The van der Waals surface area contributed by atoms with E-state index in [4.69, 9.17) is 9.47 Å². The fraction of sp³-hybridized carbons (Fsp3) is 0.273. The number of carbonyl (C=O) groups excluding carboxylic acids is 1. The predicted molar refractivity (Wildman–Crippen MR) is 105 cm³/mol. The van der Waals surface area contributed by atoms with Crippen LogP contribution < -0.4 is 4.74 Å². The minimum absolute atomic E-state index is 0.144. The lowest BCUT2D eigenvalue weighted by molar-refractivity contribution is -0.0229. The zero-order valence-corrected chi connectivity index (χ0v) is 15.7. The molecule has 3 aromatic rings. The molecule has 6 heteroatoms. The molecule has 1 aromatic heterocycles. The minimum Gasteiger partial charge on any atom is -0.497 e. The molecule has 1 N–H and O–H groups in total. The fourth-order valence-electron chi connectivity index (χ4n) is 3.45. The van der Waals surface area contributed by atoms with Crippen molar-refractivity contribution in [1.82, 2.24) is 9.88 Å². The van der Waals surface area contributed by atoms with E-state index in [1.165, 1.54) is 0 Å². The van der Waals surface area contributed by atoms with Crippen LogP contribution in [0.3, 0.4) is 0 Å². The fourth-order valence-corrected chi connectivity index (χ4v) is 3.45. The van der Waals surface area contributed by atoms with Crippen molar-refractivity contribution in [3.63, 3.8) is 0 Å². The Balaban J connectivity index is 1.54. The van der Waals surface area contributed by atoms with Gasteiger partial charge in [0.05, 0.1) is 32.6 Å². The first-order valence-electron chi connectivity index (χ1n) is 9.23. The number of aromatic nitrogens is 1. The number of fused-ring (bicyclic) bond motifs is 1. The minimum atomic E-state index is -0.190. The Kier molecular flexibility index (Phi) is 5.23. The molecule has 4 rings (SSSR count). The average Bonchev–Trinajstić information content (AvgIpc) is 2.78. The van der Waals surface area contributed by atoms with Crippen LogP contribution in [0, 0.1) is 0 Å². The SMILES string of the molecule is COc1ccc2cc([C@@H]3CN(C(=O)c4cccc(CO)n4)CCO3)ccc2c1. The molecular weight excluding hydrogens is 356 g/mol. The second-order valence-corrected chi connectivity index (χ2v) is 6.76. The molecule has 28 heavy (non-hydrogen) atoms. The van der Waals surface area contributed by atoms with Crippen molar-refractivity contribution >= 4 is 16.7 Å². The van der Waals surface area contributed by atoms with Crippen molar-refractivity contribution in [2.75, 3.05) is 26.8 Å². The standard InChI is InChI=1S/C22H22N2O4/c1-27-19-8-7-15-11-17(6-5-16(15)12-19)21-13-24(9-10-28-21)22(26)20-4-2-3-18(14-25)23-20/h2-8,11-12,21,25H,9-10,13-14H2,1H3/t21-/m0/s1. The largest absolute Gasteiger partial charge is 0.497 e. The van der Waals surface area contributed by atoms with E-state index in [0.29, 0.717) is 31.1 Å². The van der Waals surface area contributed by atoms with Crippen LogP contribution in [0.15, 0.2) is 54.6 Å².